The zero-order valence-electron chi connectivity index (χ0n) is 20.5. The second-order valence-corrected chi connectivity index (χ2v) is 10.3. The Morgan fingerprint density at radius 3 is 2.43 bits per heavy atom. The van der Waals surface area contributed by atoms with E-state index < -0.39 is 36.7 Å². The molecule has 0 bridgehead atoms. The monoisotopic (exact) mass is 531 g/mol. The van der Waals surface area contributed by atoms with Crippen molar-refractivity contribution in [3.05, 3.63) is 90.5 Å². The molecule has 0 aliphatic heterocycles. The van der Waals surface area contributed by atoms with Gasteiger partial charge in [0.05, 0.1) is 12.2 Å². The predicted molar refractivity (Wildman–Crippen MR) is 137 cm³/mol. The van der Waals surface area contributed by atoms with Crippen LogP contribution in [0.3, 0.4) is 0 Å². The predicted octanol–water partition coefficient (Wildman–Crippen LogP) is 6.44. The minimum absolute atomic E-state index is 0.000464. The van der Waals surface area contributed by atoms with Crippen LogP contribution in [-0.2, 0) is 24.5 Å². The largest absolute Gasteiger partial charge is 0.465 e. The fraction of sp³-hybridized carbons (Fsp3) is 0.259. The number of halogens is 2. The van der Waals surface area contributed by atoms with Crippen molar-refractivity contribution < 1.29 is 36.9 Å². The van der Waals surface area contributed by atoms with Crippen LogP contribution in [0.5, 0.6) is 5.75 Å². The van der Waals surface area contributed by atoms with Gasteiger partial charge >= 0.3 is 25.1 Å². The van der Waals surface area contributed by atoms with Gasteiger partial charge in [0, 0.05) is 5.56 Å². The van der Waals surface area contributed by atoms with E-state index in [0.717, 1.165) is 12.1 Å². The molecule has 0 amide bonds. The van der Waals surface area contributed by atoms with E-state index in [4.69, 9.17) is 14.0 Å². The van der Waals surface area contributed by atoms with Gasteiger partial charge in [0.15, 0.2) is 0 Å². The highest BCUT2D eigenvalue weighted by Gasteiger charge is 2.56. The fourth-order valence-electron chi connectivity index (χ4n) is 3.38. The van der Waals surface area contributed by atoms with Gasteiger partial charge in [0.1, 0.15) is 18.4 Å². The summed E-state index contributed by atoms with van der Waals surface area (Å²) in [7, 11) is -5.12. The number of hydrogen-bond acceptors (Lipinski definition) is 6. The number of alkyl halides is 2. The maximum absolute atomic E-state index is 16.0. The van der Waals surface area contributed by atoms with Crippen molar-refractivity contribution in [2.45, 2.75) is 32.0 Å². The molecule has 7 nitrogen and oxygen atoms in total. The molecule has 0 saturated carbocycles. The van der Waals surface area contributed by atoms with E-state index in [1.165, 1.54) is 43.3 Å². The summed E-state index contributed by atoms with van der Waals surface area (Å²) in [6, 6.07) is 14.3. The molecule has 196 valence electrons. The van der Waals surface area contributed by atoms with Gasteiger partial charge in [-0.1, -0.05) is 56.0 Å². The maximum Gasteiger partial charge on any atom is 0.390 e. The summed E-state index contributed by atoms with van der Waals surface area (Å²) in [5.74, 6) is -1.55. The van der Waals surface area contributed by atoms with E-state index in [1.54, 1.807) is 31.2 Å². The molecule has 0 aliphatic rings. The normalized spacial score (nSPS) is 13.8. The molecule has 2 unspecified atom stereocenters. The lowest BCUT2D eigenvalue weighted by molar-refractivity contribution is -0.145. The molecule has 3 rings (SSSR count). The quantitative estimate of drug-likeness (QED) is 0.164. The van der Waals surface area contributed by atoms with Crippen molar-refractivity contribution in [1.82, 2.24) is 5.09 Å². The van der Waals surface area contributed by atoms with Crippen LogP contribution >= 0.6 is 7.52 Å². The van der Waals surface area contributed by atoms with Gasteiger partial charge in [-0.15, -0.1) is 0 Å². The van der Waals surface area contributed by atoms with Crippen molar-refractivity contribution >= 4 is 30.2 Å². The molecule has 0 spiro atoms. The SMILES string of the molecule is C=CCOC(=O)c1ccc2ccc(C(F)(F)P(=O)(NC(C)C(=O)OCCC)Oc3ccccc3)cc2c1. The Morgan fingerprint density at radius 1 is 1.05 bits per heavy atom. The first-order valence-electron chi connectivity index (χ1n) is 11.6. The van der Waals surface area contributed by atoms with Crippen LogP contribution in [0.15, 0.2) is 79.4 Å². The van der Waals surface area contributed by atoms with E-state index >= 15 is 8.78 Å². The van der Waals surface area contributed by atoms with Gasteiger partial charge in [0.25, 0.3) is 0 Å². The molecule has 0 heterocycles. The minimum atomic E-state index is -5.12. The zero-order chi connectivity index (χ0) is 27.1. The average Bonchev–Trinajstić information content (AvgIpc) is 2.89. The number of rotatable bonds is 12. The molecule has 0 radical (unpaired) electrons. The standard InChI is InChI=1S/C27H28F2NO6P/c1-4-15-34-25(31)19(3)30-37(33,36-24-9-7-6-8-10-24)27(28,29)23-14-13-20-11-12-21(17-22(20)18-23)26(32)35-16-5-2/h5-14,17-19H,2,4,15-16H2,1,3H3,(H,30,33). The highest BCUT2D eigenvalue weighted by atomic mass is 31.2. The van der Waals surface area contributed by atoms with Crippen LogP contribution in [0, 0.1) is 0 Å². The third-order valence-corrected chi connectivity index (χ3v) is 7.46. The number of para-hydroxylation sites is 1. The van der Waals surface area contributed by atoms with Gasteiger partial charge in [-0.05, 0) is 54.4 Å². The van der Waals surface area contributed by atoms with Crippen LogP contribution in [0.25, 0.3) is 10.8 Å². The Labute approximate surface area is 213 Å². The zero-order valence-corrected chi connectivity index (χ0v) is 21.4. The summed E-state index contributed by atoms with van der Waals surface area (Å²) in [6.45, 7) is 6.63. The Kier molecular flexibility index (Phi) is 9.18. The molecule has 3 aromatic carbocycles. The highest BCUT2D eigenvalue weighted by molar-refractivity contribution is 7.58. The molecule has 37 heavy (non-hydrogen) atoms. The minimum Gasteiger partial charge on any atom is -0.465 e. The number of ether oxygens (including phenoxy) is 2. The third kappa shape index (κ3) is 6.61. The van der Waals surface area contributed by atoms with Crippen molar-refractivity contribution in [3.8, 4) is 5.75 Å². The lowest BCUT2D eigenvalue weighted by atomic mass is 10.0. The fourth-order valence-corrected chi connectivity index (χ4v) is 5.22. The number of carbonyl (C=O) groups excluding carboxylic acids is 2. The Hall–Kier alpha value is -3.55. The van der Waals surface area contributed by atoms with Gasteiger partial charge in [-0.2, -0.15) is 8.78 Å². The molecule has 1 N–H and O–H groups in total. The average molecular weight is 531 g/mol. The molecule has 10 heteroatoms. The van der Waals surface area contributed by atoms with Crippen LogP contribution in [0.4, 0.5) is 8.78 Å². The Bertz CT molecular complexity index is 1310. The number of carbonyl (C=O) groups is 2. The van der Waals surface area contributed by atoms with Gasteiger partial charge in [0.2, 0.25) is 0 Å². The number of nitrogens with one attached hydrogen (secondary N) is 1. The van der Waals surface area contributed by atoms with E-state index in [2.05, 4.69) is 11.7 Å². The van der Waals surface area contributed by atoms with E-state index in [9.17, 15) is 14.2 Å². The molecule has 3 aromatic rings. The van der Waals surface area contributed by atoms with Crippen LogP contribution < -0.4 is 9.61 Å². The van der Waals surface area contributed by atoms with E-state index in [-0.39, 0.29) is 24.5 Å². The topological polar surface area (TPSA) is 90.9 Å². The first-order chi connectivity index (χ1) is 17.6. The Morgan fingerprint density at radius 2 is 1.76 bits per heavy atom. The lowest BCUT2D eigenvalue weighted by Gasteiger charge is -2.30. The highest BCUT2D eigenvalue weighted by Crippen LogP contribution is 2.63. The summed E-state index contributed by atoms with van der Waals surface area (Å²) in [5, 5.41) is 3.09. The molecule has 0 aromatic heterocycles. The van der Waals surface area contributed by atoms with Crippen LogP contribution in [0.1, 0.15) is 36.2 Å². The van der Waals surface area contributed by atoms with Crippen LogP contribution in [-0.4, -0.2) is 31.2 Å². The number of fused-ring (bicyclic) bond motifs is 1. The molecular formula is C27H28F2NO6P. The smallest absolute Gasteiger partial charge is 0.390 e. The first kappa shape index (κ1) is 28.0. The Balaban J connectivity index is 2.02. The molecule has 2 atom stereocenters. The molecular weight excluding hydrogens is 503 g/mol. The lowest BCUT2D eigenvalue weighted by Crippen LogP contribution is -2.39. The van der Waals surface area contributed by atoms with Crippen molar-refractivity contribution in [1.29, 1.82) is 0 Å². The maximum atomic E-state index is 16.0. The van der Waals surface area contributed by atoms with Gasteiger partial charge in [-0.25, -0.2) is 9.88 Å². The second kappa shape index (κ2) is 12.1. The molecule has 0 aliphatic carbocycles. The number of hydrogen-bond donors (Lipinski definition) is 1. The number of benzene rings is 3. The molecule has 0 saturated heterocycles. The first-order valence-corrected chi connectivity index (χ1v) is 13.2. The van der Waals surface area contributed by atoms with E-state index in [0.29, 0.717) is 17.2 Å². The summed E-state index contributed by atoms with van der Waals surface area (Å²) < 4.78 is 61.3. The van der Waals surface area contributed by atoms with Gasteiger partial charge < -0.3 is 14.0 Å². The second-order valence-electron chi connectivity index (χ2n) is 8.18. The van der Waals surface area contributed by atoms with Crippen molar-refractivity contribution in [2.24, 2.45) is 0 Å². The third-order valence-electron chi connectivity index (χ3n) is 5.27. The van der Waals surface area contributed by atoms with Gasteiger partial charge in [-0.3, -0.25) is 9.36 Å². The summed E-state index contributed by atoms with van der Waals surface area (Å²) in [4.78, 5) is 24.5. The van der Waals surface area contributed by atoms with Crippen molar-refractivity contribution in [3.63, 3.8) is 0 Å². The summed E-state index contributed by atoms with van der Waals surface area (Å²) in [5.41, 5.74) is -4.54. The van der Waals surface area contributed by atoms with Crippen molar-refractivity contribution in [2.75, 3.05) is 13.2 Å². The summed E-state index contributed by atoms with van der Waals surface area (Å²) in [6.07, 6.45) is 1.95. The van der Waals surface area contributed by atoms with E-state index in [1.807, 2.05) is 0 Å². The summed E-state index contributed by atoms with van der Waals surface area (Å²) >= 11 is 0. The van der Waals surface area contributed by atoms with Crippen LogP contribution in [0.2, 0.25) is 0 Å². The number of esters is 2. The molecule has 0 fully saturated rings.